The van der Waals surface area contributed by atoms with Crippen LogP contribution in [0.3, 0.4) is 0 Å². The fraction of sp³-hybridized carbons (Fsp3) is 0.0769. The molecule has 2 aromatic rings. The Morgan fingerprint density at radius 1 is 1.06 bits per heavy atom. The topological polar surface area (TPSA) is 9.23 Å². The molecular weight excluding hydrogens is 271 g/mol. The van der Waals surface area contributed by atoms with E-state index < -0.39 is 0 Å². The van der Waals surface area contributed by atoms with Gasteiger partial charge in [0.25, 0.3) is 0 Å². The first-order chi connectivity index (χ1) is 7.70. The van der Waals surface area contributed by atoms with E-state index in [0.29, 0.717) is 11.3 Å². The molecule has 1 nitrogen and oxygen atoms in total. The molecule has 0 radical (unpaired) electrons. The minimum Gasteiger partial charge on any atom is -0.497 e. The van der Waals surface area contributed by atoms with Gasteiger partial charge in [0.1, 0.15) is 11.6 Å². The van der Waals surface area contributed by atoms with Crippen LogP contribution < -0.4 is 4.74 Å². The number of halogens is 2. The summed E-state index contributed by atoms with van der Waals surface area (Å²) in [7, 11) is 1.57. The Labute approximate surface area is 102 Å². The third-order valence-corrected chi connectivity index (χ3v) is 2.86. The lowest BCUT2D eigenvalue weighted by Gasteiger charge is -2.06. The smallest absolute Gasteiger partial charge is 0.131 e. The van der Waals surface area contributed by atoms with Gasteiger partial charge in [0.2, 0.25) is 0 Å². The van der Waals surface area contributed by atoms with Gasteiger partial charge in [0.15, 0.2) is 0 Å². The minimum absolute atomic E-state index is 0.247. The molecule has 3 heteroatoms. The molecular formula is C13H10BrFO. The number of methoxy groups -OCH3 is 1. The summed E-state index contributed by atoms with van der Waals surface area (Å²) in [6, 6.07) is 12.2. The fourth-order valence-corrected chi connectivity index (χ4v) is 1.75. The number of hydrogen-bond donors (Lipinski definition) is 0. The molecule has 2 rings (SSSR count). The van der Waals surface area contributed by atoms with Gasteiger partial charge in [0, 0.05) is 10.0 Å². The zero-order valence-electron chi connectivity index (χ0n) is 8.71. The molecule has 0 fully saturated rings. The summed E-state index contributed by atoms with van der Waals surface area (Å²) in [4.78, 5) is 0. The highest BCUT2D eigenvalue weighted by atomic mass is 79.9. The Morgan fingerprint density at radius 3 is 2.38 bits per heavy atom. The van der Waals surface area contributed by atoms with Crippen LogP contribution in [0.15, 0.2) is 46.9 Å². The van der Waals surface area contributed by atoms with Crippen molar-refractivity contribution >= 4 is 15.9 Å². The first-order valence-electron chi connectivity index (χ1n) is 4.80. The number of benzene rings is 2. The lowest BCUT2D eigenvalue weighted by molar-refractivity contribution is 0.414. The maximum absolute atomic E-state index is 13.6. The van der Waals surface area contributed by atoms with Crippen LogP contribution in [0, 0.1) is 5.82 Å². The second-order valence-corrected chi connectivity index (χ2v) is 4.27. The van der Waals surface area contributed by atoms with E-state index in [0.717, 1.165) is 10.0 Å². The average Bonchev–Trinajstić information content (AvgIpc) is 2.31. The van der Waals surface area contributed by atoms with E-state index in [2.05, 4.69) is 15.9 Å². The zero-order valence-corrected chi connectivity index (χ0v) is 10.3. The lowest BCUT2D eigenvalue weighted by Crippen LogP contribution is -1.88. The van der Waals surface area contributed by atoms with Crippen molar-refractivity contribution in [1.82, 2.24) is 0 Å². The van der Waals surface area contributed by atoms with Crippen LogP contribution in [0.2, 0.25) is 0 Å². The van der Waals surface area contributed by atoms with Crippen LogP contribution in [0.25, 0.3) is 11.1 Å². The SMILES string of the molecule is COc1ccc(F)c(-c2ccc(Br)cc2)c1. The molecule has 82 valence electrons. The van der Waals surface area contributed by atoms with Crippen molar-refractivity contribution in [2.24, 2.45) is 0 Å². The van der Waals surface area contributed by atoms with Crippen LogP contribution in [0.1, 0.15) is 0 Å². The zero-order chi connectivity index (χ0) is 11.5. The average molecular weight is 281 g/mol. The van der Waals surface area contributed by atoms with Crippen LogP contribution in [0.4, 0.5) is 4.39 Å². The summed E-state index contributed by atoms with van der Waals surface area (Å²) in [5, 5.41) is 0. The van der Waals surface area contributed by atoms with E-state index in [-0.39, 0.29) is 5.82 Å². The predicted octanol–water partition coefficient (Wildman–Crippen LogP) is 4.26. The van der Waals surface area contributed by atoms with Crippen LogP contribution >= 0.6 is 15.9 Å². The summed E-state index contributed by atoms with van der Waals surface area (Å²) in [6.07, 6.45) is 0. The van der Waals surface area contributed by atoms with Gasteiger partial charge >= 0.3 is 0 Å². The number of rotatable bonds is 2. The second kappa shape index (κ2) is 4.66. The van der Waals surface area contributed by atoms with Gasteiger partial charge in [-0.3, -0.25) is 0 Å². The predicted molar refractivity (Wildman–Crippen MR) is 66.1 cm³/mol. The van der Waals surface area contributed by atoms with Crippen molar-refractivity contribution in [2.45, 2.75) is 0 Å². The Balaban J connectivity index is 2.50. The van der Waals surface area contributed by atoms with Crippen molar-refractivity contribution in [2.75, 3.05) is 7.11 Å². The first kappa shape index (κ1) is 11.1. The molecule has 0 aromatic heterocycles. The molecule has 0 aliphatic carbocycles. The van der Waals surface area contributed by atoms with Gasteiger partial charge < -0.3 is 4.74 Å². The molecule has 0 atom stereocenters. The summed E-state index contributed by atoms with van der Waals surface area (Å²) in [5.74, 6) is 0.405. The maximum Gasteiger partial charge on any atom is 0.131 e. The maximum atomic E-state index is 13.6. The highest BCUT2D eigenvalue weighted by molar-refractivity contribution is 9.10. The van der Waals surface area contributed by atoms with Crippen LogP contribution in [-0.2, 0) is 0 Å². The molecule has 0 N–H and O–H groups in total. The van der Waals surface area contributed by atoms with Gasteiger partial charge in [-0.15, -0.1) is 0 Å². The fourth-order valence-electron chi connectivity index (χ4n) is 1.48. The normalized spacial score (nSPS) is 10.2. The molecule has 0 aliphatic heterocycles. The second-order valence-electron chi connectivity index (χ2n) is 3.35. The molecule has 0 unspecified atom stereocenters. The minimum atomic E-state index is -0.247. The number of hydrogen-bond acceptors (Lipinski definition) is 1. The van der Waals surface area contributed by atoms with Crippen molar-refractivity contribution < 1.29 is 9.13 Å². The van der Waals surface area contributed by atoms with E-state index in [1.165, 1.54) is 6.07 Å². The monoisotopic (exact) mass is 280 g/mol. The van der Waals surface area contributed by atoms with E-state index >= 15 is 0 Å². The Kier molecular flexibility index (Phi) is 3.25. The molecule has 0 aliphatic rings. The molecule has 0 bridgehead atoms. The Morgan fingerprint density at radius 2 is 1.75 bits per heavy atom. The standard InChI is InChI=1S/C13H10BrFO/c1-16-11-6-7-13(15)12(8-11)9-2-4-10(14)5-3-9/h2-8H,1H3. The summed E-state index contributed by atoms with van der Waals surface area (Å²) in [6.45, 7) is 0. The Hall–Kier alpha value is -1.35. The van der Waals surface area contributed by atoms with Gasteiger partial charge in [-0.05, 0) is 35.9 Å². The van der Waals surface area contributed by atoms with Crippen LogP contribution in [0.5, 0.6) is 5.75 Å². The summed E-state index contributed by atoms with van der Waals surface area (Å²) in [5.41, 5.74) is 1.38. The van der Waals surface area contributed by atoms with Crippen molar-refractivity contribution in [3.63, 3.8) is 0 Å². The molecule has 0 saturated heterocycles. The van der Waals surface area contributed by atoms with E-state index in [1.807, 2.05) is 24.3 Å². The van der Waals surface area contributed by atoms with Gasteiger partial charge in [-0.1, -0.05) is 28.1 Å². The van der Waals surface area contributed by atoms with Crippen molar-refractivity contribution in [3.8, 4) is 16.9 Å². The van der Waals surface area contributed by atoms with E-state index in [1.54, 1.807) is 19.2 Å². The van der Waals surface area contributed by atoms with Crippen LogP contribution in [-0.4, -0.2) is 7.11 Å². The first-order valence-corrected chi connectivity index (χ1v) is 5.59. The molecule has 2 aromatic carbocycles. The van der Waals surface area contributed by atoms with E-state index in [9.17, 15) is 4.39 Å². The molecule has 0 amide bonds. The van der Waals surface area contributed by atoms with Crippen molar-refractivity contribution in [3.05, 3.63) is 52.8 Å². The van der Waals surface area contributed by atoms with Gasteiger partial charge in [-0.25, -0.2) is 4.39 Å². The number of ether oxygens (including phenoxy) is 1. The highest BCUT2D eigenvalue weighted by Crippen LogP contribution is 2.27. The quantitative estimate of drug-likeness (QED) is 0.799. The lowest BCUT2D eigenvalue weighted by atomic mass is 10.1. The molecule has 0 heterocycles. The third-order valence-electron chi connectivity index (χ3n) is 2.33. The van der Waals surface area contributed by atoms with Gasteiger partial charge in [0.05, 0.1) is 7.11 Å². The molecule has 0 spiro atoms. The molecule has 0 saturated carbocycles. The van der Waals surface area contributed by atoms with Gasteiger partial charge in [-0.2, -0.15) is 0 Å². The van der Waals surface area contributed by atoms with E-state index in [4.69, 9.17) is 4.74 Å². The molecule has 16 heavy (non-hydrogen) atoms. The van der Waals surface area contributed by atoms with Crippen molar-refractivity contribution in [1.29, 1.82) is 0 Å². The third kappa shape index (κ3) is 2.25. The largest absolute Gasteiger partial charge is 0.497 e. The Bertz CT molecular complexity index is 494. The summed E-state index contributed by atoms with van der Waals surface area (Å²) < 4.78 is 19.7. The summed E-state index contributed by atoms with van der Waals surface area (Å²) >= 11 is 3.35. The highest BCUT2D eigenvalue weighted by Gasteiger charge is 2.06.